The number of sulfone groups is 1. The molecule has 2 aromatic carbocycles. The number of likely N-dealkylation sites (tertiary alicyclic amines) is 1. The Kier molecular flexibility index (Phi) is 4.13. The summed E-state index contributed by atoms with van der Waals surface area (Å²) in [5, 5.41) is 1.04. The molecule has 0 saturated carbocycles. The van der Waals surface area contributed by atoms with Gasteiger partial charge in [-0.3, -0.25) is 0 Å². The van der Waals surface area contributed by atoms with Crippen LogP contribution in [0.1, 0.15) is 28.1 Å². The average Bonchev–Trinajstić information content (AvgIpc) is 3.34. The second kappa shape index (κ2) is 7.49. The van der Waals surface area contributed by atoms with Gasteiger partial charge in [0.25, 0.3) is 0 Å². The molecule has 5 heteroatoms. The largest absolute Gasteiger partial charge is 0.361 e. The van der Waals surface area contributed by atoms with Crippen molar-refractivity contribution in [2.24, 2.45) is 0 Å². The van der Waals surface area contributed by atoms with E-state index in [0.29, 0.717) is 24.3 Å². The highest BCUT2D eigenvalue weighted by molar-refractivity contribution is 7.91. The van der Waals surface area contributed by atoms with Gasteiger partial charge in [0.2, 0.25) is 0 Å². The molecule has 1 N–H and O–H groups in total. The molecule has 0 unspecified atom stereocenters. The van der Waals surface area contributed by atoms with E-state index in [1.165, 1.54) is 0 Å². The van der Waals surface area contributed by atoms with E-state index in [9.17, 15) is 8.42 Å². The first-order chi connectivity index (χ1) is 14.2. The van der Waals surface area contributed by atoms with Crippen molar-refractivity contribution >= 4 is 20.7 Å². The van der Waals surface area contributed by atoms with E-state index in [2.05, 4.69) is 4.98 Å². The van der Waals surface area contributed by atoms with Crippen molar-refractivity contribution in [1.82, 2.24) is 9.88 Å². The minimum atomic E-state index is -3.33. The molecule has 1 aliphatic rings. The summed E-state index contributed by atoms with van der Waals surface area (Å²) in [6, 6.07) is 14.5. The van der Waals surface area contributed by atoms with Crippen LogP contribution in [0.5, 0.6) is 0 Å². The van der Waals surface area contributed by atoms with Gasteiger partial charge in [-0.15, -0.1) is 0 Å². The molecular formula is C22H26N2O2S. The highest BCUT2D eigenvalue weighted by Gasteiger charge is 2.22. The fraction of sp³-hybridized carbons (Fsp3) is 0.364. The van der Waals surface area contributed by atoms with Crippen molar-refractivity contribution in [2.75, 3.05) is 19.3 Å². The van der Waals surface area contributed by atoms with Crippen LogP contribution < -0.4 is 0 Å². The minimum absolute atomic E-state index is 0.00128. The fourth-order valence-corrected chi connectivity index (χ4v) is 5.16. The lowest BCUT2D eigenvalue weighted by molar-refractivity contribution is 0.310. The lowest BCUT2D eigenvalue weighted by Crippen LogP contribution is -2.26. The van der Waals surface area contributed by atoms with Crippen LogP contribution in [-0.2, 0) is 22.7 Å². The second-order valence-corrected chi connectivity index (χ2v) is 9.38. The zero-order valence-electron chi connectivity index (χ0n) is 18.2. The Morgan fingerprint density at radius 3 is 2.89 bits per heavy atom. The monoisotopic (exact) mass is 385 g/mol. The summed E-state index contributed by atoms with van der Waals surface area (Å²) in [5.41, 5.74) is 3.03. The van der Waals surface area contributed by atoms with Gasteiger partial charge in [0.05, 0.1) is 10.6 Å². The maximum atomic E-state index is 12.6. The molecular weight excluding hydrogens is 356 g/mol. The zero-order valence-corrected chi connectivity index (χ0v) is 16.0. The van der Waals surface area contributed by atoms with E-state index in [1.807, 2.05) is 24.4 Å². The highest BCUT2D eigenvalue weighted by atomic mass is 32.2. The topological polar surface area (TPSA) is 53.2 Å². The van der Waals surface area contributed by atoms with Crippen LogP contribution in [0.15, 0.2) is 59.6 Å². The van der Waals surface area contributed by atoms with Crippen LogP contribution in [0.4, 0.5) is 0 Å². The maximum Gasteiger partial charge on any atom is 0.178 e. The third kappa shape index (κ3) is 3.94. The number of hydrogen-bond acceptors (Lipinski definition) is 3. The van der Waals surface area contributed by atoms with Gasteiger partial charge in [-0.05, 0) is 74.6 Å². The molecule has 0 bridgehead atoms. The number of likely N-dealkylation sites (N-methyl/N-ethyl adjacent to an activating group) is 1. The van der Waals surface area contributed by atoms with Gasteiger partial charge in [0, 0.05) is 27.3 Å². The van der Waals surface area contributed by atoms with E-state index in [-0.39, 0.29) is 11.8 Å². The van der Waals surface area contributed by atoms with Crippen molar-refractivity contribution in [2.45, 2.75) is 36.6 Å². The Bertz CT molecular complexity index is 1120. The van der Waals surface area contributed by atoms with Gasteiger partial charge >= 0.3 is 0 Å². The van der Waals surface area contributed by atoms with Gasteiger partial charge in [0.1, 0.15) is 0 Å². The van der Waals surface area contributed by atoms with Gasteiger partial charge in [0.15, 0.2) is 9.84 Å². The second-order valence-electron chi connectivity index (χ2n) is 7.27. The summed E-state index contributed by atoms with van der Waals surface area (Å²) in [6.07, 6.45) is 4.83. The van der Waals surface area contributed by atoms with Crippen molar-refractivity contribution < 1.29 is 12.5 Å². The number of hydrogen-bond donors (Lipinski definition) is 1. The Hall–Kier alpha value is -2.11. The predicted octanol–water partition coefficient (Wildman–Crippen LogP) is 3.82. The van der Waals surface area contributed by atoms with Gasteiger partial charge in [-0.1, -0.05) is 24.3 Å². The number of benzene rings is 2. The van der Waals surface area contributed by atoms with E-state index in [4.69, 9.17) is 4.11 Å². The van der Waals surface area contributed by atoms with Crippen LogP contribution in [0.25, 0.3) is 10.9 Å². The van der Waals surface area contributed by atoms with Crippen LogP contribution in [0.3, 0.4) is 0 Å². The van der Waals surface area contributed by atoms with Gasteiger partial charge in [-0.25, -0.2) is 8.42 Å². The first-order valence-corrected chi connectivity index (χ1v) is 11.0. The molecule has 1 aliphatic heterocycles. The lowest BCUT2D eigenvalue weighted by Gasteiger charge is -2.18. The number of aromatic nitrogens is 1. The highest BCUT2D eigenvalue weighted by Crippen LogP contribution is 2.26. The van der Waals surface area contributed by atoms with E-state index < -0.39 is 16.8 Å². The molecule has 0 radical (unpaired) electrons. The molecule has 4 nitrogen and oxygen atoms in total. The number of H-pyrrole nitrogens is 1. The molecule has 4 rings (SSSR count). The van der Waals surface area contributed by atoms with E-state index >= 15 is 0 Å². The molecule has 142 valence electrons. The lowest BCUT2D eigenvalue weighted by atomic mass is 10.0. The summed E-state index contributed by atoms with van der Waals surface area (Å²) in [4.78, 5) is 5.24. The fourth-order valence-electron chi connectivity index (χ4n) is 3.85. The van der Waals surface area contributed by atoms with Gasteiger partial charge in [-0.2, -0.15) is 0 Å². The molecule has 2 heterocycles. The Balaban J connectivity index is 1.52. The molecule has 1 aromatic heterocycles. The molecule has 0 aliphatic carbocycles. The van der Waals surface area contributed by atoms with Crippen molar-refractivity contribution in [3.05, 3.63) is 65.9 Å². The quantitative estimate of drug-likeness (QED) is 0.702. The van der Waals surface area contributed by atoms with Crippen LogP contribution in [0.2, 0.25) is 0 Å². The molecule has 1 saturated heterocycles. The summed E-state index contributed by atoms with van der Waals surface area (Å²) >= 11 is 0. The number of aryl methyl sites for hydroxylation is 1. The number of nitrogens with zero attached hydrogens (tertiary/aromatic N) is 1. The number of rotatable bonds is 6. The average molecular weight is 386 g/mol. The molecule has 27 heavy (non-hydrogen) atoms. The summed E-state index contributed by atoms with van der Waals surface area (Å²) in [5.74, 6) is 0.0533. The summed E-state index contributed by atoms with van der Waals surface area (Å²) in [6.45, 7) is -1.46. The first kappa shape index (κ1) is 14.9. The standard InChI is InChI=1S/C22H26N2O2S/c1-24-12-5-6-19(24)15-18-16-23-22-10-9-17(14-21(18)22)11-13-27(25,26)20-7-3-2-4-8-20/h2-4,7-10,14,16,19,23H,5-6,11-13,15H2,1H3/t19-/m0/s1/i1D3. The maximum absolute atomic E-state index is 12.6. The van der Waals surface area contributed by atoms with Crippen molar-refractivity contribution in [3.63, 3.8) is 0 Å². The predicted molar refractivity (Wildman–Crippen MR) is 110 cm³/mol. The van der Waals surface area contributed by atoms with Crippen molar-refractivity contribution in [3.8, 4) is 0 Å². The molecule has 0 spiro atoms. The van der Waals surface area contributed by atoms with Crippen molar-refractivity contribution in [1.29, 1.82) is 0 Å². The summed E-state index contributed by atoms with van der Waals surface area (Å²) < 4.78 is 48.5. The molecule has 0 amide bonds. The number of nitrogens with one attached hydrogen (secondary N) is 1. The Morgan fingerprint density at radius 1 is 1.22 bits per heavy atom. The van der Waals surface area contributed by atoms with Gasteiger partial charge < -0.3 is 9.88 Å². The number of aromatic amines is 1. The smallest absolute Gasteiger partial charge is 0.178 e. The summed E-state index contributed by atoms with van der Waals surface area (Å²) in [7, 11) is -3.33. The first-order valence-electron chi connectivity index (χ1n) is 10.9. The third-order valence-electron chi connectivity index (χ3n) is 5.43. The normalized spacial score (nSPS) is 20.4. The third-order valence-corrected chi connectivity index (χ3v) is 7.16. The van der Waals surface area contributed by atoms with Crippen LogP contribution in [0, 0.1) is 0 Å². The van der Waals surface area contributed by atoms with Crippen LogP contribution >= 0.6 is 0 Å². The Morgan fingerprint density at radius 2 is 2.07 bits per heavy atom. The molecule has 1 atom stereocenters. The number of fused-ring (bicyclic) bond motifs is 1. The Labute approximate surface area is 165 Å². The van der Waals surface area contributed by atoms with E-state index in [1.54, 1.807) is 35.2 Å². The molecule has 1 fully saturated rings. The molecule has 3 aromatic rings. The van der Waals surface area contributed by atoms with Crippen LogP contribution in [-0.4, -0.2) is 43.6 Å². The minimum Gasteiger partial charge on any atom is -0.361 e. The SMILES string of the molecule is [2H]C([2H])([2H])N1CCC[C@H]1Cc1c[nH]c2ccc(CCS(=O)(=O)c3ccccc3)cc12. The zero-order chi connectivity index (χ0) is 21.4. The van der Waals surface area contributed by atoms with E-state index in [0.717, 1.165) is 34.9 Å².